The van der Waals surface area contributed by atoms with Crippen molar-refractivity contribution >= 4 is 22.8 Å². The first-order valence-electron chi connectivity index (χ1n) is 14.3. The number of hydrogen-bond donors (Lipinski definition) is 3. The summed E-state index contributed by atoms with van der Waals surface area (Å²) >= 11 is 0. The van der Waals surface area contributed by atoms with Gasteiger partial charge in [0.1, 0.15) is 22.5 Å². The summed E-state index contributed by atoms with van der Waals surface area (Å²) in [5, 5.41) is 17.6. The minimum absolute atomic E-state index is 0.0747. The second kappa shape index (κ2) is 12.9. The average Bonchev–Trinajstić information content (AvgIpc) is 3.36. The molecule has 0 amide bonds. The third-order valence-corrected chi connectivity index (χ3v) is 8.14. The van der Waals surface area contributed by atoms with Crippen molar-refractivity contribution in [2.45, 2.75) is 76.4 Å². The molecule has 212 valence electrons. The molecule has 0 bridgehead atoms. The molecule has 0 aliphatic carbocycles. The van der Waals surface area contributed by atoms with E-state index in [1.165, 1.54) is 5.56 Å². The zero-order valence-corrected chi connectivity index (χ0v) is 23.2. The number of ether oxygens (including phenoxy) is 2. The Bertz CT molecular complexity index is 1210. The number of rotatable bonds is 11. The van der Waals surface area contributed by atoms with Crippen LogP contribution in [0.1, 0.15) is 69.0 Å². The van der Waals surface area contributed by atoms with Gasteiger partial charge in [0.25, 0.3) is 0 Å². The number of nitrogen functional groups attached to an aromatic ring is 1. The van der Waals surface area contributed by atoms with E-state index >= 15 is 0 Å². The largest absolute Gasteiger partial charge is 0.495 e. The quantitative estimate of drug-likeness (QED) is 0.334. The van der Waals surface area contributed by atoms with Crippen LogP contribution in [-0.2, 0) is 11.3 Å². The Morgan fingerprint density at radius 1 is 1.15 bits per heavy atom. The summed E-state index contributed by atoms with van der Waals surface area (Å²) in [6, 6.07) is 2.89. The van der Waals surface area contributed by atoms with Crippen molar-refractivity contribution in [3.63, 3.8) is 0 Å². The molecular formula is C28H42N8O3. The van der Waals surface area contributed by atoms with E-state index in [0.29, 0.717) is 36.3 Å². The Labute approximate surface area is 230 Å². The first kappa shape index (κ1) is 27.5. The number of nitrogens with zero attached hydrogens (tertiary/aromatic N) is 6. The van der Waals surface area contributed by atoms with Gasteiger partial charge >= 0.3 is 0 Å². The summed E-state index contributed by atoms with van der Waals surface area (Å²) in [6.45, 7) is 6.64. The highest BCUT2D eigenvalue weighted by molar-refractivity contribution is 5.86. The molecule has 2 aliphatic heterocycles. The summed E-state index contributed by atoms with van der Waals surface area (Å²) < 4.78 is 13.2. The molecule has 0 radical (unpaired) electrons. The monoisotopic (exact) mass is 538 g/mol. The van der Waals surface area contributed by atoms with Crippen LogP contribution in [0.2, 0.25) is 0 Å². The van der Waals surface area contributed by atoms with E-state index in [1.54, 1.807) is 13.3 Å². The molecule has 2 aliphatic rings. The van der Waals surface area contributed by atoms with Gasteiger partial charge in [-0.25, -0.2) is 4.98 Å². The van der Waals surface area contributed by atoms with Crippen LogP contribution in [0.3, 0.4) is 0 Å². The van der Waals surface area contributed by atoms with Gasteiger partial charge in [-0.3, -0.25) is 9.67 Å². The highest BCUT2D eigenvalue weighted by atomic mass is 16.5. The van der Waals surface area contributed by atoms with Crippen molar-refractivity contribution in [2.24, 2.45) is 0 Å². The number of likely N-dealkylation sites (tertiary alicyclic amines) is 1. The number of hydrogen-bond acceptors (Lipinski definition) is 10. The van der Waals surface area contributed by atoms with Gasteiger partial charge in [0.2, 0.25) is 5.95 Å². The van der Waals surface area contributed by atoms with E-state index in [9.17, 15) is 5.11 Å². The minimum Gasteiger partial charge on any atom is -0.495 e. The summed E-state index contributed by atoms with van der Waals surface area (Å²) in [7, 11) is 1.69. The van der Waals surface area contributed by atoms with Gasteiger partial charge in [-0.1, -0.05) is 13.3 Å². The van der Waals surface area contributed by atoms with Crippen LogP contribution in [0, 0.1) is 0 Å². The summed E-state index contributed by atoms with van der Waals surface area (Å²) in [5.41, 5.74) is 9.46. The standard InChI is InChI=1S/C28H42N8O3/c1-3-4-21(7-12-37)32-27-26-23(33-28(29)34-27)17-31-36(26)18-24-25(38-2)15-20(16-30-24)19-5-10-35(11-6-19)22-8-13-39-14-9-22/h15-17,19,21-22,37H,3-14,18H2,1-2H3,(H3,29,32,33,34)/t21-/m1/s1. The Hall–Kier alpha value is -3.02. The highest BCUT2D eigenvalue weighted by Gasteiger charge is 2.28. The molecular weight excluding hydrogens is 496 g/mol. The van der Waals surface area contributed by atoms with Crippen molar-refractivity contribution in [1.29, 1.82) is 0 Å². The second-order valence-corrected chi connectivity index (χ2v) is 10.7. The average molecular weight is 539 g/mol. The van der Waals surface area contributed by atoms with Crippen molar-refractivity contribution in [3.05, 3.63) is 29.7 Å². The van der Waals surface area contributed by atoms with Gasteiger partial charge in [0.05, 0.1) is 19.9 Å². The molecule has 0 spiro atoms. The molecule has 11 heteroatoms. The fourth-order valence-corrected chi connectivity index (χ4v) is 6.02. The van der Waals surface area contributed by atoms with Crippen LogP contribution in [0.5, 0.6) is 5.75 Å². The van der Waals surface area contributed by atoms with Crippen LogP contribution in [-0.4, -0.2) is 86.8 Å². The summed E-state index contributed by atoms with van der Waals surface area (Å²) in [5.74, 6) is 2.05. The molecule has 4 N–H and O–H groups in total. The normalized spacial score (nSPS) is 18.4. The maximum atomic E-state index is 9.52. The number of nitrogens with two attached hydrogens (primary N) is 1. The lowest BCUT2D eigenvalue weighted by Gasteiger charge is -2.39. The molecule has 0 unspecified atom stereocenters. The van der Waals surface area contributed by atoms with Crippen molar-refractivity contribution in [3.8, 4) is 5.75 Å². The molecule has 0 saturated carbocycles. The zero-order chi connectivity index (χ0) is 27.2. The molecule has 3 aromatic rings. The fraction of sp³-hybridized carbons (Fsp3) is 0.643. The van der Waals surface area contributed by atoms with Crippen molar-refractivity contribution in [1.82, 2.24) is 29.6 Å². The maximum absolute atomic E-state index is 9.52. The number of nitrogens with one attached hydrogen (secondary N) is 1. The van der Waals surface area contributed by atoms with Crippen molar-refractivity contribution in [2.75, 3.05) is 51.1 Å². The predicted octanol–water partition coefficient (Wildman–Crippen LogP) is 3.18. The molecule has 1 atom stereocenters. The van der Waals surface area contributed by atoms with E-state index in [-0.39, 0.29) is 18.6 Å². The van der Waals surface area contributed by atoms with Crippen LogP contribution in [0.15, 0.2) is 18.5 Å². The first-order valence-corrected chi connectivity index (χ1v) is 14.3. The number of anilines is 2. The van der Waals surface area contributed by atoms with Crippen LogP contribution in [0.25, 0.3) is 11.0 Å². The maximum Gasteiger partial charge on any atom is 0.222 e. The van der Waals surface area contributed by atoms with Gasteiger partial charge in [-0.2, -0.15) is 10.1 Å². The smallest absolute Gasteiger partial charge is 0.222 e. The lowest BCUT2D eigenvalue weighted by Crippen LogP contribution is -2.43. The third kappa shape index (κ3) is 6.42. The Kier molecular flexibility index (Phi) is 9.10. The molecule has 11 nitrogen and oxygen atoms in total. The lowest BCUT2D eigenvalue weighted by atomic mass is 9.89. The Morgan fingerprint density at radius 3 is 2.67 bits per heavy atom. The number of aliphatic hydroxyl groups is 1. The Morgan fingerprint density at radius 2 is 1.95 bits per heavy atom. The van der Waals surface area contributed by atoms with Gasteiger partial charge in [0, 0.05) is 38.1 Å². The van der Waals surface area contributed by atoms with E-state index in [2.05, 4.69) is 38.3 Å². The zero-order valence-electron chi connectivity index (χ0n) is 23.2. The van der Waals surface area contributed by atoms with Gasteiger partial charge in [0.15, 0.2) is 5.82 Å². The second-order valence-electron chi connectivity index (χ2n) is 10.7. The molecule has 3 aromatic heterocycles. The Balaban J connectivity index is 1.33. The number of pyridine rings is 1. The molecule has 5 heterocycles. The highest BCUT2D eigenvalue weighted by Crippen LogP contribution is 2.33. The van der Waals surface area contributed by atoms with Crippen LogP contribution >= 0.6 is 0 Å². The van der Waals surface area contributed by atoms with E-state index in [0.717, 1.165) is 81.8 Å². The number of aliphatic hydroxyl groups excluding tert-OH is 1. The minimum atomic E-state index is 0.0747. The molecule has 39 heavy (non-hydrogen) atoms. The van der Waals surface area contributed by atoms with E-state index in [1.807, 2.05) is 10.9 Å². The van der Waals surface area contributed by atoms with E-state index in [4.69, 9.17) is 20.2 Å². The van der Waals surface area contributed by atoms with Crippen molar-refractivity contribution < 1.29 is 14.6 Å². The lowest BCUT2D eigenvalue weighted by molar-refractivity contribution is 0.0251. The summed E-state index contributed by atoms with van der Waals surface area (Å²) in [4.78, 5) is 16.4. The first-order chi connectivity index (χ1) is 19.1. The molecule has 2 fully saturated rings. The number of piperidine rings is 1. The van der Waals surface area contributed by atoms with Gasteiger partial charge < -0.3 is 30.5 Å². The third-order valence-electron chi connectivity index (χ3n) is 8.14. The SMILES string of the molecule is CCC[C@H](CCO)Nc1nc(N)nc2cnn(Cc3ncc(C4CCN(C5CCOCC5)CC4)cc3OC)c12. The number of methoxy groups -OCH3 is 1. The molecule has 2 saturated heterocycles. The van der Waals surface area contributed by atoms with Gasteiger partial charge in [-0.05, 0) is 69.2 Å². The number of aromatic nitrogens is 5. The van der Waals surface area contributed by atoms with Crippen LogP contribution < -0.4 is 15.8 Å². The van der Waals surface area contributed by atoms with E-state index < -0.39 is 0 Å². The summed E-state index contributed by atoms with van der Waals surface area (Å²) in [6.07, 6.45) is 10.8. The van der Waals surface area contributed by atoms with Gasteiger partial charge in [-0.15, -0.1) is 0 Å². The topological polar surface area (TPSA) is 136 Å². The molecule has 0 aromatic carbocycles. The molecule has 5 rings (SSSR count). The number of fused-ring (bicyclic) bond motifs is 1. The predicted molar refractivity (Wildman–Crippen MR) is 151 cm³/mol. The fourth-order valence-electron chi connectivity index (χ4n) is 6.02. The van der Waals surface area contributed by atoms with Crippen LogP contribution in [0.4, 0.5) is 11.8 Å².